The number of benzene rings is 3. The number of anilines is 1. The van der Waals surface area contributed by atoms with Crippen molar-refractivity contribution in [3.05, 3.63) is 84.2 Å². The monoisotopic (exact) mass is 341 g/mol. The molecule has 0 fully saturated rings. The fraction of sp³-hybridized carbons (Fsp3) is 0.0526. The first-order valence-electron chi connectivity index (χ1n) is 7.40. The molecule has 3 aromatic rings. The van der Waals surface area contributed by atoms with Crippen molar-refractivity contribution < 1.29 is 12.8 Å². The smallest absolute Gasteiger partial charge is 0.261 e. The van der Waals surface area contributed by atoms with Crippen LogP contribution in [-0.2, 0) is 10.0 Å². The van der Waals surface area contributed by atoms with Gasteiger partial charge in [-0.1, -0.05) is 48.5 Å². The molecule has 3 rings (SSSR count). The summed E-state index contributed by atoms with van der Waals surface area (Å²) in [5.41, 5.74) is 2.57. The maximum atomic E-state index is 13.9. The molecule has 0 spiro atoms. The molecule has 0 aliphatic carbocycles. The second-order valence-electron chi connectivity index (χ2n) is 5.48. The molecule has 0 aromatic heterocycles. The topological polar surface area (TPSA) is 46.2 Å². The first-order chi connectivity index (χ1) is 11.5. The van der Waals surface area contributed by atoms with Crippen molar-refractivity contribution in [2.24, 2.45) is 0 Å². The Kier molecular flexibility index (Phi) is 4.36. The van der Waals surface area contributed by atoms with Crippen LogP contribution < -0.4 is 4.72 Å². The SMILES string of the molecule is Cc1ccc(NS(=O)(=O)c2ccc(-c3ccccc3)cc2)c(F)c1. The molecule has 3 nitrogen and oxygen atoms in total. The summed E-state index contributed by atoms with van der Waals surface area (Å²) in [6, 6.07) is 20.5. The van der Waals surface area contributed by atoms with E-state index < -0.39 is 15.8 Å². The van der Waals surface area contributed by atoms with E-state index in [1.807, 2.05) is 30.3 Å². The third-order valence-electron chi connectivity index (χ3n) is 3.64. The van der Waals surface area contributed by atoms with E-state index in [1.54, 1.807) is 25.1 Å². The molecule has 0 heterocycles. The summed E-state index contributed by atoms with van der Waals surface area (Å²) in [5.74, 6) is -0.598. The Bertz CT molecular complexity index is 952. The molecule has 122 valence electrons. The van der Waals surface area contributed by atoms with Crippen LogP contribution in [0.4, 0.5) is 10.1 Å². The third-order valence-corrected chi connectivity index (χ3v) is 5.02. The van der Waals surface area contributed by atoms with Crippen LogP contribution >= 0.6 is 0 Å². The average molecular weight is 341 g/mol. The van der Waals surface area contributed by atoms with Gasteiger partial charge in [-0.2, -0.15) is 0 Å². The summed E-state index contributed by atoms with van der Waals surface area (Å²) in [6.07, 6.45) is 0. The second-order valence-corrected chi connectivity index (χ2v) is 7.16. The van der Waals surface area contributed by atoms with Gasteiger partial charge in [0.15, 0.2) is 0 Å². The van der Waals surface area contributed by atoms with Gasteiger partial charge in [-0.3, -0.25) is 4.72 Å². The number of nitrogens with one attached hydrogen (secondary N) is 1. The molecule has 1 N–H and O–H groups in total. The lowest BCUT2D eigenvalue weighted by Gasteiger charge is -2.10. The van der Waals surface area contributed by atoms with E-state index in [4.69, 9.17) is 0 Å². The first-order valence-corrected chi connectivity index (χ1v) is 8.88. The minimum atomic E-state index is -3.84. The highest BCUT2D eigenvalue weighted by atomic mass is 32.2. The Morgan fingerprint density at radius 1 is 0.833 bits per heavy atom. The van der Waals surface area contributed by atoms with Gasteiger partial charge in [0.2, 0.25) is 0 Å². The minimum absolute atomic E-state index is 0.0623. The standard InChI is InChI=1S/C19H16FNO2S/c1-14-7-12-19(18(20)13-14)21-24(22,23)17-10-8-16(9-11-17)15-5-3-2-4-6-15/h2-13,21H,1H3. The zero-order chi connectivity index (χ0) is 17.2. The predicted molar refractivity (Wildman–Crippen MR) is 93.8 cm³/mol. The molecule has 0 radical (unpaired) electrons. The molecular formula is C19H16FNO2S. The number of hydrogen-bond acceptors (Lipinski definition) is 2. The van der Waals surface area contributed by atoms with E-state index >= 15 is 0 Å². The molecule has 0 saturated carbocycles. The van der Waals surface area contributed by atoms with Gasteiger partial charge in [-0.05, 0) is 47.9 Å². The third kappa shape index (κ3) is 3.46. The summed E-state index contributed by atoms with van der Waals surface area (Å²) >= 11 is 0. The molecule has 0 aliphatic heterocycles. The molecule has 0 saturated heterocycles. The van der Waals surface area contributed by atoms with Crippen molar-refractivity contribution in [1.29, 1.82) is 0 Å². The summed E-state index contributed by atoms with van der Waals surface area (Å²) < 4.78 is 41.0. The van der Waals surface area contributed by atoms with Crippen molar-refractivity contribution in [1.82, 2.24) is 0 Å². The summed E-state index contributed by atoms with van der Waals surface area (Å²) in [6.45, 7) is 1.74. The highest BCUT2D eigenvalue weighted by Crippen LogP contribution is 2.23. The van der Waals surface area contributed by atoms with Crippen LogP contribution in [0.5, 0.6) is 0 Å². The summed E-state index contributed by atoms with van der Waals surface area (Å²) in [7, 11) is -3.84. The number of sulfonamides is 1. The molecule has 3 aromatic carbocycles. The van der Waals surface area contributed by atoms with Crippen LogP contribution in [0.2, 0.25) is 0 Å². The van der Waals surface area contributed by atoms with Gasteiger partial charge >= 0.3 is 0 Å². The van der Waals surface area contributed by atoms with Crippen LogP contribution in [0.15, 0.2) is 77.7 Å². The Hall–Kier alpha value is -2.66. The van der Waals surface area contributed by atoms with Gasteiger partial charge in [-0.25, -0.2) is 12.8 Å². The maximum Gasteiger partial charge on any atom is 0.261 e. The number of hydrogen-bond donors (Lipinski definition) is 1. The molecule has 0 amide bonds. The number of rotatable bonds is 4. The fourth-order valence-electron chi connectivity index (χ4n) is 2.36. The lowest BCUT2D eigenvalue weighted by atomic mass is 10.1. The van der Waals surface area contributed by atoms with Gasteiger partial charge < -0.3 is 0 Å². The van der Waals surface area contributed by atoms with Crippen molar-refractivity contribution >= 4 is 15.7 Å². The molecule has 24 heavy (non-hydrogen) atoms. The van der Waals surface area contributed by atoms with E-state index in [0.717, 1.165) is 16.7 Å². The maximum absolute atomic E-state index is 13.9. The van der Waals surface area contributed by atoms with Crippen LogP contribution in [-0.4, -0.2) is 8.42 Å². The molecule has 5 heteroatoms. The zero-order valence-electron chi connectivity index (χ0n) is 13.0. The van der Waals surface area contributed by atoms with Gasteiger partial charge in [0.25, 0.3) is 10.0 Å². The summed E-state index contributed by atoms with van der Waals surface area (Å²) in [4.78, 5) is 0.0853. The number of halogens is 1. The highest BCUT2D eigenvalue weighted by molar-refractivity contribution is 7.92. The van der Waals surface area contributed by atoms with E-state index in [-0.39, 0.29) is 10.6 Å². The number of aryl methyl sites for hydroxylation is 1. The Balaban J connectivity index is 1.87. The van der Waals surface area contributed by atoms with Crippen LogP contribution in [0.25, 0.3) is 11.1 Å². The second kappa shape index (κ2) is 6.45. The lowest BCUT2D eigenvalue weighted by molar-refractivity contribution is 0.598. The molecule has 0 unspecified atom stereocenters. The Morgan fingerprint density at radius 3 is 2.08 bits per heavy atom. The molecule has 0 aliphatic rings. The van der Waals surface area contributed by atoms with Gasteiger partial charge in [0.05, 0.1) is 10.6 Å². The molecular weight excluding hydrogens is 325 g/mol. The first kappa shape index (κ1) is 16.2. The summed E-state index contributed by atoms with van der Waals surface area (Å²) in [5, 5.41) is 0. The van der Waals surface area contributed by atoms with Crippen LogP contribution in [0.1, 0.15) is 5.56 Å². The van der Waals surface area contributed by atoms with Crippen molar-refractivity contribution in [2.75, 3.05) is 4.72 Å². The Labute approximate surface area is 140 Å². The van der Waals surface area contributed by atoms with Crippen molar-refractivity contribution in [3.63, 3.8) is 0 Å². The van der Waals surface area contributed by atoms with Gasteiger partial charge in [-0.15, -0.1) is 0 Å². The van der Waals surface area contributed by atoms with Crippen LogP contribution in [0.3, 0.4) is 0 Å². The normalized spacial score (nSPS) is 11.2. The highest BCUT2D eigenvalue weighted by Gasteiger charge is 2.16. The van der Waals surface area contributed by atoms with Gasteiger partial charge in [0, 0.05) is 0 Å². The predicted octanol–water partition coefficient (Wildman–Crippen LogP) is 4.60. The van der Waals surface area contributed by atoms with E-state index in [9.17, 15) is 12.8 Å². The van der Waals surface area contributed by atoms with Crippen molar-refractivity contribution in [3.8, 4) is 11.1 Å². The van der Waals surface area contributed by atoms with Gasteiger partial charge in [0.1, 0.15) is 5.82 Å². The van der Waals surface area contributed by atoms with E-state index in [0.29, 0.717) is 0 Å². The quantitative estimate of drug-likeness (QED) is 0.754. The van der Waals surface area contributed by atoms with E-state index in [1.165, 1.54) is 24.3 Å². The van der Waals surface area contributed by atoms with E-state index in [2.05, 4.69) is 4.72 Å². The molecule has 0 atom stereocenters. The molecule has 0 bridgehead atoms. The lowest BCUT2D eigenvalue weighted by Crippen LogP contribution is -2.14. The fourth-order valence-corrected chi connectivity index (χ4v) is 3.43. The average Bonchev–Trinajstić information content (AvgIpc) is 2.58. The largest absolute Gasteiger partial charge is 0.277 e. The minimum Gasteiger partial charge on any atom is -0.277 e. The Morgan fingerprint density at radius 2 is 1.46 bits per heavy atom. The van der Waals surface area contributed by atoms with Crippen LogP contribution in [0, 0.1) is 12.7 Å². The van der Waals surface area contributed by atoms with Crippen molar-refractivity contribution in [2.45, 2.75) is 11.8 Å². The zero-order valence-corrected chi connectivity index (χ0v) is 13.8.